The normalized spacial score (nSPS) is 19.2. The Bertz CT molecular complexity index is 2370. The first-order chi connectivity index (χ1) is 23.2. The molecule has 11 nitrogen and oxygen atoms in total. The van der Waals surface area contributed by atoms with Crippen LogP contribution in [0.4, 0.5) is 14.6 Å². The van der Waals surface area contributed by atoms with Gasteiger partial charge in [-0.05, 0) is 49.9 Å². The standard InChI is InChI=1S/C35H29F2N7O4/c1-3-24-26(37)6-5-20-11-23(45)12-25(28(20)24)31-19(2)30-29(33(46)48-31)32(40-15-22-14-39-27-16-38-8-10-44(22)27)42-34(41-30)47-18-35-7-4-9-43(35)17-21(36)13-35/h1,5-6,8,10-12,14,16,21,45H,4,7,9,13,15,17-18H2,2H3,(H,40,41,42)/t21-,35+/m1/s1. The van der Waals surface area contributed by atoms with E-state index in [2.05, 4.69) is 36.1 Å². The predicted molar refractivity (Wildman–Crippen MR) is 174 cm³/mol. The molecule has 242 valence electrons. The van der Waals surface area contributed by atoms with Crippen molar-refractivity contribution in [2.45, 2.75) is 44.4 Å². The van der Waals surface area contributed by atoms with Crippen LogP contribution in [-0.4, -0.2) is 65.8 Å². The molecule has 2 aromatic carbocycles. The highest BCUT2D eigenvalue weighted by atomic mass is 19.1. The van der Waals surface area contributed by atoms with Crippen molar-refractivity contribution < 1.29 is 23.0 Å². The van der Waals surface area contributed by atoms with Crippen molar-refractivity contribution in [1.29, 1.82) is 0 Å². The first-order valence-corrected chi connectivity index (χ1v) is 15.5. The number of aromatic hydroxyl groups is 1. The van der Waals surface area contributed by atoms with Crippen LogP contribution >= 0.6 is 0 Å². The third kappa shape index (κ3) is 4.79. The Balaban J connectivity index is 1.28. The Morgan fingerprint density at radius 1 is 1.25 bits per heavy atom. The number of fused-ring (bicyclic) bond motifs is 4. The van der Waals surface area contributed by atoms with Gasteiger partial charge in [0.25, 0.3) is 0 Å². The minimum absolute atomic E-state index is 0.00773. The average molecular weight is 650 g/mol. The van der Waals surface area contributed by atoms with Crippen LogP contribution in [0.15, 0.2) is 58.3 Å². The van der Waals surface area contributed by atoms with E-state index in [1.54, 1.807) is 31.7 Å². The van der Waals surface area contributed by atoms with Gasteiger partial charge in [-0.25, -0.2) is 18.6 Å². The van der Waals surface area contributed by atoms with Crippen LogP contribution in [0, 0.1) is 25.1 Å². The number of ether oxygens (including phenoxy) is 1. The molecule has 6 heterocycles. The Morgan fingerprint density at radius 2 is 2.12 bits per heavy atom. The molecule has 2 fully saturated rings. The summed E-state index contributed by atoms with van der Waals surface area (Å²) >= 11 is 0. The highest BCUT2D eigenvalue weighted by molar-refractivity contribution is 6.03. The number of rotatable bonds is 7. The summed E-state index contributed by atoms with van der Waals surface area (Å²) in [6, 6.07) is 5.53. The second-order valence-electron chi connectivity index (χ2n) is 12.4. The van der Waals surface area contributed by atoms with Crippen LogP contribution in [0.25, 0.3) is 38.6 Å². The van der Waals surface area contributed by atoms with Crippen LogP contribution in [-0.2, 0) is 6.54 Å². The molecule has 2 aliphatic rings. The molecule has 6 aromatic rings. The van der Waals surface area contributed by atoms with Gasteiger partial charge in [-0.15, -0.1) is 6.42 Å². The van der Waals surface area contributed by atoms with E-state index in [9.17, 15) is 18.7 Å². The van der Waals surface area contributed by atoms with Gasteiger partial charge in [0, 0.05) is 41.9 Å². The Labute approximate surface area is 272 Å². The van der Waals surface area contributed by atoms with E-state index in [-0.39, 0.29) is 58.5 Å². The number of phenols is 1. The van der Waals surface area contributed by atoms with E-state index < -0.39 is 23.2 Å². The average Bonchev–Trinajstić information content (AvgIpc) is 3.76. The number of anilines is 1. The number of nitrogens with one attached hydrogen (secondary N) is 1. The number of aryl methyl sites for hydroxylation is 1. The highest BCUT2D eigenvalue weighted by Crippen LogP contribution is 2.41. The van der Waals surface area contributed by atoms with Crippen LogP contribution in [0.5, 0.6) is 11.8 Å². The van der Waals surface area contributed by atoms with Gasteiger partial charge < -0.3 is 19.6 Å². The molecular formula is C35H29F2N7O4. The molecular weight excluding hydrogens is 620 g/mol. The maximum Gasteiger partial charge on any atom is 0.349 e. The van der Waals surface area contributed by atoms with Gasteiger partial charge in [-0.1, -0.05) is 12.0 Å². The van der Waals surface area contributed by atoms with Crippen molar-refractivity contribution in [3.8, 4) is 35.4 Å². The summed E-state index contributed by atoms with van der Waals surface area (Å²) in [5.74, 6) is 1.84. The summed E-state index contributed by atoms with van der Waals surface area (Å²) in [7, 11) is 0. The van der Waals surface area contributed by atoms with Crippen molar-refractivity contribution in [2.24, 2.45) is 0 Å². The fourth-order valence-electron chi connectivity index (χ4n) is 7.27. The zero-order chi connectivity index (χ0) is 33.2. The van der Waals surface area contributed by atoms with E-state index in [1.165, 1.54) is 24.3 Å². The molecule has 2 saturated heterocycles. The smallest absolute Gasteiger partial charge is 0.349 e. The first-order valence-electron chi connectivity index (χ1n) is 15.5. The lowest BCUT2D eigenvalue weighted by atomic mass is 9.95. The number of phenolic OH excluding ortho intramolecular Hbond substituents is 1. The first kappa shape index (κ1) is 29.8. The highest BCUT2D eigenvalue weighted by Gasteiger charge is 2.49. The minimum atomic E-state index is -0.936. The molecule has 0 bridgehead atoms. The summed E-state index contributed by atoms with van der Waals surface area (Å²) in [6.45, 7) is 3.26. The van der Waals surface area contributed by atoms with Crippen molar-refractivity contribution in [3.05, 3.63) is 82.1 Å². The Morgan fingerprint density at radius 3 is 2.98 bits per heavy atom. The molecule has 2 N–H and O–H groups in total. The van der Waals surface area contributed by atoms with Crippen molar-refractivity contribution in [2.75, 3.05) is 25.0 Å². The molecule has 0 saturated carbocycles. The van der Waals surface area contributed by atoms with Gasteiger partial charge in [0.1, 0.15) is 41.3 Å². The number of alkyl halides is 1. The molecule has 2 atom stereocenters. The molecule has 0 spiro atoms. The second kappa shape index (κ2) is 11.3. The van der Waals surface area contributed by atoms with Crippen molar-refractivity contribution in [3.63, 3.8) is 0 Å². The van der Waals surface area contributed by atoms with Crippen LogP contribution < -0.4 is 15.7 Å². The maximum absolute atomic E-state index is 14.9. The minimum Gasteiger partial charge on any atom is -0.508 e. The molecule has 48 heavy (non-hydrogen) atoms. The SMILES string of the molecule is C#Cc1c(F)ccc2cc(O)cc(-c3oc(=O)c4c(NCc5cnc6cnccn56)nc(OC[C@@]56CCCN5C[C@H](F)C6)nc4c3C)c12. The second-order valence-corrected chi connectivity index (χ2v) is 12.4. The number of aromatic nitrogens is 5. The molecule has 0 amide bonds. The third-order valence-electron chi connectivity index (χ3n) is 9.49. The van der Waals surface area contributed by atoms with E-state index in [1.807, 2.05) is 4.40 Å². The van der Waals surface area contributed by atoms with E-state index in [4.69, 9.17) is 15.6 Å². The van der Waals surface area contributed by atoms with Gasteiger partial charge >= 0.3 is 11.6 Å². The van der Waals surface area contributed by atoms with Crippen LogP contribution in [0.3, 0.4) is 0 Å². The van der Waals surface area contributed by atoms with Crippen molar-refractivity contribution in [1.82, 2.24) is 29.2 Å². The maximum atomic E-state index is 14.9. The van der Waals surface area contributed by atoms with Crippen LogP contribution in [0.2, 0.25) is 0 Å². The van der Waals surface area contributed by atoms with E-state index >= 15 is 0 Å². The van der Waals surface area contributed by atoms with Gasteiger partial charge in [0.15, 0.2) is 5.65 Å². The molecule has 8 rings (SSSR count). The number of halogens is 2. The lowest BCUT2D eigenvalue weighted by molar-refractivity contribution is 0.107. The number of hydrogen-bond donors (Lipinski definition) is 2. The van der Waals surface area contributed by atoms with Gasteiger partial charge in [-0.3, -0.25) is 14.3 Å². The zero-order valence-electron chi connectivity index (χ0n) is 25.8. The topological polar surface area (TPSA) is 131 Å². The van der Waals surface area contributed by atoms with E-state index in [0.29, 0.717) is 34.9 Å². The lowest BCUT2D eigenvalue weighted by Gasteiger charge is -2.30. The van der Waals surface area contributed by atoms with Gasteiger partial charge in [-0.2, -0.15) is 9.97 Å². The number of imidazole rings is 1. The number of terminal acetylenes is 1. The summed E-state index contributed by atoms with van der Waals surface area (Å²) in [4.78, 5) is 33.7. The van der Waals surface area contributed by atoms with Crippen molar-refractivity contribution >= 4 is 33.1 Å². The predicted octanol–water partition coefficient (Wildman–Crippen LogP) is 5.15. The summed E-state index contributed by atoms with van der Waals surface area (Å²) in [6.07, 6.45) is 13.6. The Hall–Kier alpha value is -5.61. The van der Waals surface area contributed by atoms with Crippen LogP contribution in [0.1, 0.15) is 36.1 Å². The summed E-state index contributed by atoms with van der Waals surface area (Å²) < 4.78 is 43.4. The monoisotopic (exact) mass is 649 g/mol. The fourth-order valence-corrected chi connectivity index (χ4v) is 7.27. The molecule has 2 aliphatic heterocycles. The molecule has 0 radical (unpaired) electrons. The summed E-state index contributed by atoms with van der Waals surface area (Å²) in [5, 5.41) is 14.7. The quantitative estimate of drug-likeness (QED) is 0.224. The van der Waals surface area contributed by atoms with Gasteiger partial charge in [0.2, 0.25) is 0 Å². The lowest BCUT2D eigenvalue weighted by Crippen LogP contribution is -2.43. The third-order valence-corrected chi connectivity index (χ3v) is 9.49. The largest absolute Gasteiger partial charge is 0.508 e. The molecule has 4 aromatic heterocycles. The van der Waals surface area contributed by atoms with E-state index in [0.717, 1.165) is 25.1 Å². The number of benzene rings is 2. The number of hydrogen-bond acceptors (Lipinski definition) is 10. The molecule has 0 aliphatic carbocycles. The fraction of sp³-hybridized carbons (Fsp3) is 0.286. The molecule has 13 heteroatoms. The molecule has 0 unspecified atom stereocenters. The summed E-state index contributed by atoms with van der Waals surface area (Å²) in [5.41, 5.74) is 1.02. The van der Waals surface area contributed by atoms with Gasteiger partial charge in [0.05, 0.1) is 41.3 Å². The number of nitrogens with zero attached hydrogens (tertiary/aromatic N) is 6. The zero-order valence-corrected chi connectivity index (χ0v) is 25.8. The Kier molecular flexibility index (Phi) is 6.99.